The van der Waals surface area contributed by atoms with E-state index in [2.05, 4.69) is 5.32 Å². The Morgan fingerprint density at radius 3 is 2.57 bits per heavy atom. The highest BCUT2D eigenvalue weighted by Gasteiger charge is 2.55. The number of hydrogen-bond donors (Lipinski definition) is 1. The normalized spacial score (nSPS) is 24.4. The van der Waals surface area contributed by atoms with Gasteiger partial charge in [-0.2, -0.15) is 0 Å². The van der Waals surface area contributed by atoms with Gasteiger partial charge in [0.05, 0.1) is 0 Å². The molecule has 7 nitrogen and oxygen atoms in total. The monoisotopic (exact) mass is 388 g/mol. The molecule has 2 atom stereocenters. The molecule has 1 aromatic rings. The Bertz CT molecular complexity index is 758. The Morgan fingerprint density at radius 2 is 1.89 bits per heavy atom. The van der Waals surface area contributed by atoms with Gasteiger partial charge in [0.1, 0.15) is 31.0 Å². The van der Waals surface area contributed by atoms with E-state index in [9.17, 15) is 14.4 Å². The Labute approximate surface area is 165 Å². The molecule has 0 unspecified atom stereocenters. The maximum Gasteiger partial charge on any atom is 0.326 e. The average molecular weight is 388 g/mol. The minimum absolute atomic E-state index is 0.0526. The van der Waals surface area contributed by atoms with Crippen LogP contribution in [0.25, 0.3) is 0 Å². The van der Waals surface area contributed by atoms with Gasteiger partial charge in [0.25, 0.3) is 5.91 Å². The molecule has 152 valence electrons. The van der Waals surface area contributed by atoms with Gasteiger partial charge in [-0.05, 0) is 55.9 Å². The van der Waals surface area contributed by atoms with Gasteiger partial charge in [0.15, 0.2) is 0 Å². The zero-order valence-corrected chi connectivity index (χ0v) is 16.7. The second-order valence-corrected chi connectivity index (χ2v) is 7.83. The second kappa shape index (κ2) is 8.20. The van der Waals surface area contributed by atoms with Gasteiger partial charge >= 0.3 is 12.0 Å². The van der Waals surface area contributed by atoms with Crippen LogP contribution in [0.1, 0.15) is 43.7 Å². The number of urea groups is 1. The number of imide groups is 1. The summed E-state index contributed by atoms with van der Waals surface area (Å²) in [7, 11) is 0. The van der Waals surface area contributed by atoms with Crippen molar-refractivity contribution >= 4 is 17.9 Å². The third-order valence-electron chi connectivity index (χ3n) is 5.60. The molecule has 0 bridgehead atoms. The number of aryl methyl sites for hydroxylation is 2. The highest BCUT2D eigenvalue weighted by atomic mass is 16.6. The Balaban J connectivity index is 1.48. The number of nitrogens with one attached hydrogen (secondary N) is 1. The van der Waals surface area contributed by atoms with Gasteiger partial charge < -0.3 is 14.8 Å². The molecule has 1 heterocycles. The molecular formula is C21H28N2O5. The minimum Gasteiger partial charge on any atom is -0.490 e. The van der Waals surface area contributed by atoms with Gasteiger partial charge in [-0.15, -0.1) is 0 Å². The van der Waals surface area contributed by atoms with Crippen LogP contribution >= 0.6 is 0 Å². The number of ether oxygens (including phenoxy) is 2. The molecule has 2 aliphatic rings. The van der Waals surface area contributed by atoms with Crippen LogP contribution in [0.2, 0.25) is 0 Å². The molecule has 1 N–H and O–H groups in total. The van der Waals surface area contributed by atoms with Crippen LogP contribution in [0.15, 0.2) is 18.2 Å². The van der Waals surface area contributed by atoms with Crippen molar-refractivity contribution in [1.29, 1.82) is 0 Å². The fraction of sp³-hybridized carbons (Fsp3) is 0.571. The first-order chi connectivity index (χ1) is 13.3. The van der Waals surface area contributed by atoms with Crippen molar-refractivity contribution in [3.05, 3.63) is 29.3 Å². The van der Waals surface area contributed by atoms with Crippen LogP contribution in [0, 0.1) is 19.8 Å². The van der Waals surface area contributed by atoms with E-state index < -0.39 is 17.5 Å². The van der Waals surface area contributed by atoms with Crippen molar-refractivity contribution < 1.29 is 23.9 Å². The fourth-order valence-electron chi connectivity index (χ4n) is 4.15. The molecule has 1 saturated heterocycles. The summed E-state index contributed by atoms with van der Waals surface area (Å²) in [4.78, 5) is 38.2. The van der Waals surface area contributed by atoms with E-state index in [1.165, 1.54) is 0 Å². The summed E-state index contributed by atoms with van der Waals surface area (Å²) in [5.74, 6) is -0.151. The number of carbonyl (C=O) groups excluding carboxylic acids is 3. The Morgan fingerprint density at radius 1 is 1.18 bits per heavy atom. The first kappa shape index (κ1) is 20.2. The zero-order valence-electron chi connectivity index (χ0n) is 16.7. The summed E-state index contributed by atoms with van der Waals surface area (Å²) in [5, 5.41) is 2.83. The molecule has 0 radical (unpaired) electrons. The SMILES string of the molecule is Cc1cc(C)cc(OCCOC(=O)CN2C(=O)N[C@]3(CCCC[C@H]3C)C2=O)c1. The summed E-state index contributed by atoms with van der Waals surface area (Å²) in [6.45, 7) is 5.83. The molecule has 3 rings (SSSR count). The van der Waals surface area contributed by atoms with E-state index in [1.54, 1.807) is 0 Å². The van der Waals surface area contributed by atoms with Crippen molar-refractivity contribution in [2.75, 3.05) is 19.8 Å². The molecule has 1 aliphatic carbocycles. The van der Waals surface area contributed by atoms with Crippen LogP contribution in [-0.4, -0.2) is 48.1 Å². The number of benzene rings is 1. The summed E-state index contributed by atoms with van der Waals surface area (Å²) in [5.41, 5.74) is 1.33. The topological polar surface area (TPSA) is 84.9 Å². The van der Waals surface area contributed by atoms with Crippen molar-refractivity contribution in [3.63, 3.8) is 0 Å². The lowest BCUT2D eigenvalue weighted by Gasteiger charge is -2.36. The van der Waals surface area contributed by atoms with E-state index in [-0.39, 0.29) is 31.6 Å². The molecule has 1 spiro atoms. The number of nitrogens with zero attached hydrogens (tertiary/aromatic N) is 1. The van der Waals surface area contributed by atoms with Crippen LogP contribution in [0.4, 0.5) is 4.79 Å². The highest BCUT2D eigenvalue weighted by molar-refractivity contribution is 6.08. The number of carbonyl (C=O) groups is 3. The van der Waals surface area contributed by atoms with E-state index in [0.29, 0.717) is 6.42 Å². The number of esters is 1. The highest BCUT2D eigenvalue weighted by Crippen LogP contribution is 2.38. The van der Waals surface area contributed by atoms with Gasteiger partial charge in [-0.1, -0.05) is 25.8 Å². The molecule has 1 aromatic carbocycles. The second-order valence-electron chi connectivity index (χ2n) is 7.83. The number of hydrogen-bond acceptors (Lipinski definition) is 5. The Kier molecular flexibility index (Phi) is 5.91. The fourth-order valence-corrected chi connectivity index (χ4v) is 4.15. The smallest absolute Gasteiger partial charge is 0.326 e. The molecule has 7 heteroatoms. The molecular weight excluding hydrogens is 360 g/mol. The molecule has 3 amide bonds. The van der Waals surface area contributed by atoms with Crippen molar-refractivity contribution in [3.8, 4) is 5.75 Å². The van der Waals surface area contributed by atoms with Crippen molar-refractivity contribution in [1.82, 2.24) is 10.2 Å². The van der Waals surface area contributed by atoms with Gasteiger partial charge in [-0.25, -0.2) is 4.79 Å². The van der Waals surface area contributed by atoms with Crippen LogP contribution < -0.4 is 10.1 Å². The maximum absolute atomic E-state index is 12.8. The van der Waals surface area contributed by atoms with E-state index >= 15 is 0 Å². The molecule has 28 heavy (non-hydrogen) atoms. The predicted octanol–water partition coefficient (Wildman–Crippen LogP) is 2.73. The maximum atomic E-state index is 12.8. The average Bonchev–Trinajstić information content (AvgIpc) is 2.86. The summed E-state index contributed by atoms with van der Waals surface area (Å²) < 4.78 is 10.7. The number of rotatable bonds is 6. The molecule has 1 saturated carbocycles. The first-order valence-corrected chi connectivity index (χ1v) is 9.82. The summed E-state index contributed by atoms with van der Waals surface area (Å²) in [6.07, 6.45) is 3.45. The van der Waals surface area contributed by atoms with Crippen molar-refractivity contribution in [2.45, 2.75) is 52.0 Å². The first-order valence-electron chi connectivity index (χ1n) is 9.82. The third kappa shape index (κ3) is 4.13. The van der Waals surface area contributed by atoms with Crippen LogP contribution in [0.5, 0.6) is 5.75 Å². The minimum atomic E-state index is -0.859. The van der Waals surface area contributed by atoms with Crippen LogP contribution in [-0.2, 0) is 14.3 Å². The molecule has 0 aromatic heterocycles. The zero-order chi connectivity index (χ0) is 20.3. The lowest BCUT2D eigenvalue weighted by atomic mass is 9.73. The largest absolute Gasteiger partial charge is 0.490 e. The van der Waals surface area contributed by atoms with E-state index in [1.807, 2.05) is 39.0 Å². The van der Waals surface area contributed by atoms with Gasteiger partial charge in [0.2, 0.25) is 0 Å². The molecule has 2 fully saturated rings. The van der Waals surface area contributed by atoms with E-state index in [0.717, 1.165) is 41.0 Å². The molecule has 1 aliphatic heterocycles. The van der Waals surface area contributed by atoms with Crippen LogP contribution in [0.3, 0.4) is 0 Å². The van der Waals surface area contributed by atoms with Gasteiger partial charge in [0, 0.05) is 0 Å². The summed E-state index contributed by atoms with van der Waals surface area (Å²) in [6, 6.07) is 5.35. The van der Waals surface area contributed by atoms with Crippen molar-refractivity contribution in [2.24, 2.45) is 5.92 Å². The predicted molar refractivity (Wildman–Crippen MR) is 103 cm³/mol. The number of amides is 3. The Hall–Kier alpha value is -2.57. The summed E-state index contributed by atoms with van der Waals surface area (Å²) >= 11 is 0. The lowest BCUT2D eigenvalue weighted by molar-refractivity contribution is -0.149. The third-order valence-corrected chi connectivity index (χ3v) is 5.60. The standard InChI is InChI=1S/C21H28N2O5/c1-14-10-15(2)12-17(11-14)27-8-9-28-18(24)13-23-19(25)21(22-20(23)26)7-5-4-6-16(21)3/h10-12,16H,4-9,13H2,1-3H3,(H,22,26)/t16-,21+/m1/s1. The van der Waals surface area contributed by atoms with Gasteiger partial charge in [-0.3, -0.25) is 14.5 Å². The van der Waals surface area contributed by atoms with E-state index in [4.69, 9.17) is 9.47 Å². The quantitative estimate of drug-likeness (QED) is 0.460. The lowest BCUT2D eigenvalue weighted by Crippen LogP contribution is -2.54.